The lowest BCUT2D eigenvalue weighted by Gasteiger charge is -2.11. The number of carbonyl (C=O) groups excluding carboxylic acids is 1. The molecule has 0 amide bonds. The van der Waals surface area contributed by atoms with E-state index in [0.717, 1.165) is 23.3 Å². The second-order valence-electron chi connectivity index (χ2n) is 4.72. The van der Waals surface area contributed by atoms with Crippen molar-refractivity contribution in [2.75, 3.05) is 13.2 Å². The number of aryl methyl sites for hydroxylation is 1. The van der Waals surface area contributed by atoms with Crippen molar-refractivity contribution >= 4 is 11.9 Å². The zero-order valence-electron chi connectivity index (χ0n) is 11.4. The number of ether oxygens (including phenoxy) is 2. The van der Waals surface area contributed by atoms with Crippen molar-refractivity contribution in [3.63, 3.8) is 0 Å². The van der Waals surface area contributed by atoms with Crippen molar-refractivity contribution < 1.29 is 24.2 Å². The van der Waals surface area contributed by atoms with E-state index in [2.05, 4.69) is 0 Å². The molecule has 1 unspecified atom stereocenters. The Kier molecular flexibility index (Phi) is 4.61. The van der Waals surface area contributed by atoms with Crippen LogP contribution in [0.15, 0.2) is 18.2 Å². The molecule has 0 spiro atoms. The van der Waals surface area contributed by atoms with E-state index >= 15 is 0 Å². The second-order valence-corrected chi connectivity index (χ2v) is 4.72. The minimum absolute atomic E-state index is 0.193. The van der Waals surface area contributed by atoms with Crippen LogP contribution in [-0.2, 0) is 27.2 Å². The summed E-state index contributed by atoms with van der Waals surface area (Å²) in [5.41, 5.74) is 2.16. The molecule has 2 rings (SSSR count). The van der Waals surface area contributed by atoms with E-state index in [1.807, 2.05) is 18.2 Å². The number of fused-ring (bicyclic) bond motifs is 1. The van der Waals surface area contributed by atoms with Gasteiger partial charge in [-0.25, -0.2) is 0 Å². The summed E-state index contributed by atoms with van der Waals surface area (Å²) < 4.78 is 10.2. The molecule has 5 nitrogen and oxygen atoms in total. The molecular formula is C15H18O5. The molecule has 1 heterocycles. The lowest BCUT2D eigenvalue weighted by molar-refractivity contribution is -0.158. The fraction of sp³-hybridized carbons (Fsp3) is 0.467. The predicted molar refractivity (Wildman–Crippen MR) is 71.7 cm³/mol. The first-order valence-electron chi connectivity index (χ1n) is 6.76. The smallest absolute Gasteiger partial charge is 0.320 e. The van der Waals surface area contributed by atoms with Crippen LogP contribution in [0, 0.1) is 5.92 Å². The van der Waals surface area contributed by atoms with Crippen LogP contribution >= 0.6 is 0 Å². The van der Waals surface area contributed by atoms with Crippen LogP contribution in [0.5, 0.6) is 5.75 Å². The van der Waals surface area contributed by atoms with Gasteiger partial charge in [0, 0.05) is 6.42 Å². The number of rotatable bonds is 6. The highest BCUT2D eigenvalue weighted by atomic mass is 16.5. The third-order valence-electron chi connectivity index (χ3n) is 3.34. The van der Waals surface area contributed by atoms with Crippen LogP contribution in [0.25, 0.3) is 0 Å². The maximum atomic E-state index is 11.6. The summed E-state index contributed by atoms with van der Waals surface area (Å²) in [7, 11) is 0. The van der Waals surface area contributed by atoms with Crippen LogP contribution in [0.3, 0.4) is 0 Å². The molecule has 0 aromatic heterocycles. The topological polar surface area (TPSA) is 72.8 Å². The van der Waals surface area contributed by atoms with Gasteiger partial charge in [-0.2, -0.15) is 0 Å². The molecule has 20 heavy (non-hydrogen) atoms. The summed E-state index contributed by atoms with van der Waals surface area (Å²) in [6, 6.07) is 5.83. The quantitative estimate of drug-likeness (QED) is 0.634. The number of esters is 1. The summed E-state index contributed by atoms with van der Waals surface area (Å²) in [5, 5.41) is 9.08. The molecule has 0 radical (unpaired) electrons. The molecular weight excluding hydrogens is 260 g/mol. The van der Waals surface area contributed by atoms with E-state index in [1.54, 1.807) is 6.92 Å². The fourth-order valence-corrected chi connectivity index (χ4v) is 2.29. The molecule has 0 bridgehead atoms. The molecule has 1 N–H and O–H groups in total. The normalized spacial score (nSPS) is 14.2. The number of carboxylic acid groups (broad SMARTS) is 1. The lowest BCUT2D eigenvalue weighted by Crippen LogP contribution is -2.26. The van der Waals surface area contributed by atoms with E-state index < -0.39 is 17.9 Å². The zero-order valence-corrected chi connectivity index (χ0v) is 11.4. The van der Waals surface area contributed by atoms with Gasteiger partial charge in [0.05, 0.1) is 13.2 Å². The molecule has 5 heteroatoms. The Bertz CT molecular complexity index is 509. The van der Waals surface area contributed by atoms with Gasteiger partial charge in [0.25, 0.3) is 0 Å². The Labute approximate surface area is 117 Å². The maximum absolute atomic E-state index is 11.6. The highest BCUT2D eigenvalue weighted by Crippen LogP contribution is 2.26. The van der Waals surface area contributed by atoms with E-state index in [-0.39, 0.29) is 13.0 Å². The Hall–Kier alpha value is -2.04. The van der Waals surface area contributed by atoms with Crippen LogP contribution < -0.4 is 4.74 Å². The Morgan fingerprint density at radius 1 is 1.45 bits per heavy atom. The number of hydrogen-bond donors (Lipinski definition) is 1. The van der Waals surface area contributed by atoms with Gasteiger partial charge >= 0.3 is 11.9 Å². The van der Waals surface area contributed by atoms with E-state index in [4.69, 9.17) is 14.6 Å². The Morgan fingerprint density at radius 2 is 2.25 bits per heavy atom. The highest BCUT2D eigenvalue weighted by molar-refractivity contribution is 5.93. The highest BCUT2D eigenvalue weighted by Gasteiger charge is 2.27. The van der Waals surface area contributed by atoms with E-state index in [1.165, 1.54) is 0 Å². The van der Waals surface area contributed by atoms with Crippen molar-refractivity contribution in [1.82, 2.24) is 0 Å². The van der Waals surface area contributed by atoms with Crippen LogP contribution in [0.4, 0.5) is 0 Å². The molecule has 0 fully saturated rings. The van der Waals surface area contributed by atoms with Crippen molar-refractivity contribution in [3.8, 4) is 5.75 Å². The second kappa shape index (κ2) is 6.41. The third-order valence-corrected chi connectivity index (χ3v) is 3.34. The van der Waals surface area contributed by atoms with Crippen molar-refractivity contribution in [2.45, 2.75) is 26.2 Å². The van der Waals surface area contributed by atoms with Crippen LogP contribution in [0.1, 0.15) is 24.5 Å². The summed E-state index contributed by atoms with van der Waals surface area (Å²) in [5.74, 6) is -1.99. The van der Waals surface area contributed by atoms with E-state index in [9.17, 15) is 9.59 Å². The summed E-state index contributed by atoms with van der Waals surface area (Å²) in [4.78, 5) is 22.7. The Balaban J connectivity index is 1.98. The molecule has 1 aromatic carbocycles. The van der Waals surface area contributed by atoms with Crippen LogP contribution in [-0.4, -0.2) is 30.3 Å². The molecule has 0 aliphatic carbocycles. The van der Waals surface area contributed by atoms with Gasteiger partial charge in [0.1, 0.15) is 5.75 Å². The van der Waals surface area contributed by atoms with Gasteiger partial charge < -0.3 is 14.6 Å². The standard InChI is InChI=1S/C15H18O5/c1-2-19-15(18)12(14(16)17)5-3-10-4-6-13-11(9-10)7-8-20-13/h4,6,9,12H,2-3,5,7-8H2,1H3,(H,16,17). The number of carbonyl (C=O) groups is 2. The molecule has 1 atom stereocenters. The fourth-order valence-electron chi connectivity index (χ4n) is 2.29. The number of hydrogen-bond acceptors (Lipinski definition) is 4. The average Bonchev–Trinajstić information content (AvgIpc) is 2.86. The summed E-state index contributed by atoms with van der Waals surface area (Å²) >= 11 is 0. The number of benzene rings is 1. The van der Waals surface area contributed by atoms with Crippen molar-refractivity contribution in [1.29, 1.82) is 0 Å². The van der Waals surface area contributed by atoms with Gasteiger partial charge in [-0.1, -0.05) is 12.1 Å². The number of carboxylic acids is 1. The Morgan fingerprint density at radius 3 is 2.95 bits per heavy atom. The zero-order chi connectivity index (χ0) is 14.5. The molecule has 1 aromatic rings. The molecule has 0 saturated carbocycles. The van der Waals surface area contributed by atoms with Gasteiger partial charge in [-0.05, 0) is 37.0 Å². The van der Waals surface area contributed by atoms with Gasteiger partial charge in [0.2, 0.25) is 0 Å². The molecule has 0 saturated heterocycles. The minimum Gasteiger partial charge on any atom is -0.493 e. The van der Waals surface area contributed by atoms with Crippen LogP contribution in [0.2, 0.25) is 0 Å². The lowest BCUT2D eigenvalue weighted by atomic mass is 9.98. The SMILES string of the molecule is CCOC(=O)C(CCc1ccc2c(c1)CCO2)C(=O)O. The predicted octanol–water partition coefficient (Wildman–Crippen LogP) is 1.82. The third kappa shape index (κ3) is 3.29. The average molecular weight is 278 g/mol. The van der Waals surface area contributed by atoms with Gasteiger partial charge in [-0.3, -0.25) is 9.59 Å². The number of aliphatic carboxylic acids is 1. The van der Waals surface area contributed by atoms with Crippen molar-refractivity contribution in [2.24, 2.45) is 5.92 Å². The van der Waals surface area contributed by atoms with Gasteiger partial charge in [0.15, 0.2) is 5.92 Å². The first-order chi connectivity index (χ1) is 9.61. The monoisotopic (exact) mass is 278 g/mol. The molecule has 108 valence electrons. The first-order valence-corrected chi connectivity index (χ1v) is 6.76. The first kappa shape index (κ1) is 14.4. The summed E-state index contributed by atoms with van der Waals surface area (Å²) in [6.45, 7) is 2.55. The molecule has 1 aliphatic heterocycles. The minimum atomic E-state index is -1.13. The largest absolute Gasteiger partial charge is 0.493 e. The maximum Gasteiger partial charge on any atom is 0.320 e. The summed E-state index contributed by atoms with van der Waals surface area (Å²) in [6.07, 6.45) is 1.65. The van der Waals surface area contributed by atoms with E-state index in [0.29, 0.717) is 13.0 Å². The van der Waals surface area contributed by atoms with Gasteiger partial charge in [-0.15, -0.1) is 0 Å². The molecule has 1 aliphatic rings. The van der Waals surface area contributed by atoms with Crippen molar-refractivity contribution in [3.05, 3.63) is 29.3 Å².